The molecule has 4 heteroatoms. The van der Waals surface area contributed by atoms with Crippen molar-refractivity contribution in [2.24, 2.45) is 11.7 Å². The average molecular weight is 262 g/mol. The summed E-state index contributed by atoms with van der Waals surface area (Å²) < 4.78 is 5.37. The number of carbonyl (C=O) groups excluding carboxylic acids is 1. The number of carbonyl (C=O) groups is 1. The predicted molar refractivity (Wildman–Crippen MR) is 75.3 cm³/mol. The van der Waals surface area contributed by atoms with Crippen LogP contribution in [0, 0.1) is 5.92 Å². The Balaban J connectivity index is 2.03. The van der Waals surface area contributed by atoms with Gasteiger partial charge in [0.25, 0.3) is 5.91 Å². The van der Waals surface area contributed by atoms with E-state index >= 15 is 0 Å². The average Bonchev–Trinajstić information content (AvgIpc) is 2.42. The summed E-state index contributed by atoms with van der Waals surface area (Å²) >= 11 is 0. The Morgan fingerprint density at radius 1 is 1.42 bits per heavy atom. The fourth-order valence-electron chi connectivity index (χ4n) is 2.33. The number of nitrogens with two attached hydrogens (primary N) is 1. The number of likely N-dealkylation sites (tertiary alicyclic amines) is 1. The van der Waals surface area contributed by atoms with E-state index in [2.05, 4.69) is 6.92 Å². The van der Waals surface area contributed by atoms with Crippen molar-refractivity contribution in [1.29, 1.82) is 0 Å². The van der Waals surface area contributed by atoms with Gasteiger partial charge in [-0.25, -0.2) is 0 Å². The second kappa shape index (κ2) is 6.06. The molecule has 19 heavy (non-hydrogen) atoms. The molecule has 1 aliphatic rings. The van der Waals surface area contributed by atoms with Crippen LogP contribution in [0.4, 0.5) is 0 Å². The summed E-state index contributed by atoms with van der Waals surface area (Å²) in [5.41, 5.74) is 6.73. The van der Waals surface area contributed by atoms with Crippen molar-refractivity contribution >= 4 is 5.91 Å². The number of hydrogen-bond acceptors (Lipinski definition) is 3. The van der Waals surface area contributed by atoms with E-state index in [1.807, 2.05) is 36.1 Å². The van der Waals surface area contributed by atoms with Gasteiger partial charge in [-0.1, -0.05) is 6.92 Å². The minimum atomic E-state index is 0.0606. The molecular formula is C15H22N2O2. The van der Waals surface area contributed by atoms with Gasteiger partial charge in [0.1, 0.15) is 5.75 Å². The van der Waals surface area contributed by atoms with Crippen molar-refractivity contribution in [3.05, 3.63) is 29.8 Å². The first-order valence-corrected chi connectivity index (χ1v) is 6.89. The molecule has 0 saturated carbocycles. The summed E-state index contributed by atoms with van der Waals surface area (Å²) in [7, 11) is 0. The molecular weight excluding hydrogens is 240 g/mol. The number of piperidine rings is 1. The Bertz CT molecular complexity index is 430. The van der Waals surface area contributed by atoms with Gasteiger partial charge < -0.3 is 15.4 Å². The Hall–Kier alpha value is -1.55. The number of hydrogen-bond donors (Lipinski definition) is 1. The van der Waals surface area contributed by atoms with Crippen LogP contribution in [0.2, 0.25) is 0 Å². The summed E-state index contributed by atoms with van der Waals surface area (Å²) in [6.07, 6.45) is 0.976. The van der Waals surface area contributed by atoms with Gasteiger partial charge in [-0.2, -0.15) is 0 Å². The molecule has 0 aromatic heterocycles. The SMILES string of the molecule is CCOc1ccc(C(=O)N2CCC(C)C(N)C2)cc1. The Labute approximate surface area is 114 Å². The van der Waals surface area contributed by atoms with E-state index in [1.54, 1.807) is 0 Å². The molecule has 0 spiro atoms. The normalized spacial score (nSPS) is 23.2. The number of nitrogens with zero attached hydrogens (tertiary/aromatic N) is 1. The Morgan fingerprint density at radius 2 is 2.11 bits per heavy atom. The van der Waals surface area contributed by atoms with Crippen LogP contribution in [0.5, 0.6) is 5.75 Å². The lowest BCUT2D eigenvalue weighted by Gasteiger charge is -2.35. The molecule has 1 heterocycles. The van der Waals surface area contributed by atoms with E-state index in [1.165, 1.54) is 0 Å². The second-order valence-corrected chi connectivity index (χ2v) is 5.14. The smallest absolute Gasteiger partial charge is 0.253 e. The molecule has 1 fully saturated rings. The molecule has 1 saturated heterocycles. The summed E-state index contributed by atoms with van der Waals surface area (Å²) in [6.45, 7) is 6.15. The molecule has 1 aromatic rings. The maximum Gasteiger partial charge on any atom is 0.253 e. The van der Waals surface area contributed by atoms with Crippen molar-refractivity contribution in [2.45, 2.75) is 26.3 Å². The molecule has 0 radical (unpaired) electrons. The molecule has 2 unspecified atom stereocenters. The first-order valence-electron chi connectivity index (χ1n) is 6.89. The standard InChI is InChI=1S/C15H22N2O2/c1-3-19-13-6-4-12(5-7-13)15(18)17-9-8-11(2)14(16)10-17/h4-7,11,14H,3,8-10,16H2,1-2H3. The van der Waals surface area contributed by atoms with E-state index < -0.39 is 0 Å². The van der Waals surface area contributed by atoms with Crippen molar-refractivity contribution in [2.75, 3.05) is 19.7 Å². The van der Waals surface area contributed by atoms with Gasteiger partial charge in [0.15, 0.2) is 0 Å². The third kappa shape index (κ3) is 3.26. The highest BCUT2D eigenvalue weighted by Gasteiger charge is 2.26. The number of ether oxygens (including phenoxy) is 1. The molecule has 0 bridgehead atoms. The third-order valence-electron chi connectivity index (χ3n) is 3.72. The maximum absolute atomic E-state index is 12.4. The first kappa shape index (κ1) is 13.9. The summed E-state index contributed by atoms with van der Waals surface area (Å²) in [5.74, 6) is 1.35. The van der Waals surface area contributed by atoms with Gasteiger partial charge in [0.05, 0.1) is 6.61 Å². The van der Waals surface area contributed by atoms with Crippen molar-refractivity contribution in [3.8, 4) is 5.75 Å². The highest BCUT2D eigenvalue weighted by atomic mass is 16.5. The fraction of sp³-hybridized carbons (Fsp3) is 0.533. The van der Waals surface area contributed by atoms with E-state index in [-0.39, 0.29) is 11.9 Å². The molecule has 1 aromatic carbocycles. The van der Waals surface area contributed by atoms with Gasteiger partial charge in [0, 0.05) is 24.7 Å². The monoisotopic (exact) mass is 262 g/mol. The Morgan fingerprint density at radius 3 is 2.68 bits per heavy atom. The number of amides is 1. The molecule has 2 rings (SSSR count). The minimum Gasteiger partial charge on any atom is -0.494 e. The lowest BCUT2D eigenvalue weighted by Crippen LogP contribution is -2.49. The van der Waals surface area contributed by atoms with Gasteiger partial charge in [0.2, 0.25) is 0 Å². The van der Waals surface area contributed by atoms with E-state index in [4.69, 9.17) is 10.5 Å². The van der Waals surface area contributed by atoms with Gasteiger partial charge in [-0.15, -0.1) is 0 Å². The van der Waals surface area contributed by atoms with Gasteiger partial charge >= 0.3 is 0 Å². The predicted octanol–water partition coefficient (Wildman–Crippen LogP) is 1.89. The highest BCUT2D eigenvalue weighted by Crippen LogP contribution is 2.19. The fourth-order valence-corrected chi connectivity index (χ4v) is 2.33. The molecule has 2 atom stereocenters. The van der Waals surface area contributed by atoms with Crippen LogP contribution < -0.4 is 10.5 Å². The topological polar surface area (TPSA) is 55.6 Å². The van der Waals surface area contributed by atoms with Crippen LogP contribution in [-0.4, -0.2) is 36.5 Å². The molecule has 1 amide bonds. The van der Waals surface area contributed by atoms with E-state index in [0.29, 0.717) is 24.6 Å². The quantitative estimate of drug-likeness (QED) is 0.905. The molecule has 2 N–H and O–H groups in total. The summed E-state index contributed by atoms with van der Waals surface area (Å²) in [4.78, 5) is 14.2. The lowest BCUT2D eigenvalue weighted by atomic mass is 9.94. The van der Waals surface area contributed by atoms with Crippen LogP contribution in [0.25, 0.3) is 0 Å². The summed E-state index contributed by atoms with van der Waals surface area (Å²) in [6, 6.07) is 7.39. The zero-order valence-corrected chi connectivity index (χ0v) is 11.6. The number of rotatable bonds is 3. The van der Waals surface area contributed by atoms with E-state index in [9.17, 15) is 4.79 Å². The van der Waals surface area contributed by atoms with Crippen LogP contribution in [0.1, 0.15) is 30.6 Å². The molecule has 1 aliphatic heterocycles. The highest BCUT2D eigenvalue weighted by molar-refractivity contribution is 5.94. The van der Waals surface area contributed by atoms with Crippen LogP contribution >= 0.6 is 0 Å². The largest absolute Gasteiger partial charge is 0.494 e. The minimum absolute atomic E-state index is 0.0606. The van der Waals surface area contributed by atoms with Crippen LogP contribution in [0.3, 0.4) is 0 Å². The lowest BCUT2D eigenvalue weighted by molar-refractivity contribution is 0.0672. The number of benzene rings is 1. The summed E-state index contributed by atoms with van der Waals surface area (Å²) in [5, 5.41) is 0. The van der Waals surface area contributed by atoms with Crippen molar-refractivity contribution in [3.63, 3.8) is 0 Å². The zero-order chi connectivity index (χ0) is 13.8. The van der Waals surface area contributed by atoms with Gasteiger partial charge in [-0.05, 0) is 43.5 Å². The molecule has 0 aliphatic carbocycles. The zero-order valence-electron chi connectivity index (χ0n) is 11.6. The van der Waals surface area contributed by atoms with E-state index in [0.717, 1.165) is 18.7 Å². The third-order valence-corrected chi connectivity index (χ3v) is 3.72. The van der Waals surface area contributed by atoms with Crippen molar-refractivity contribution in [1.82, 2.24) is 4.90 Å². The van der Waals surface area contributed by atoms with Crippen LogP contribution in [0.15, 0.2) is 24.3 Å². The van der Waals surface area contributed by atoms with Gasteiger partial charge in [-0.3, -0.25) is 4.79 Å². The Kier molecular flexibility index (Phi) is 4.43. The van der Waals surface area contributed by atoms with Crippen molar-refractivity contribution < 1.29 is 9.53 Å². The van der Waals surface area contributed by atoms with Crippen LogP contribution in [-0.2, 0) is 0 Å². The first-order chi connectivity index (χ1) is 9.11. The molecule has 104 valence electrons. The maximum atomic E-state index is 12.4. The molecule has 4 nitrogen and oxygen atoms in total. The second-order valence-electron chi connectivity index (χ2n) is 5.14.